The number of methoxy groups -OCH3 is 1. The SMILES string of the molecule is COC[C@@H](C)NCc1cc(C)c(C)cc1C. The number of nitrogens with one attached hydrogen (secondary N) is 1. The second-order valence-corrected chi connectivity index (χ2v) is 4.60. The minimum absolute atomic E-state index is 0.394. The lowest BCUT2D eigenvalue weighted by molar-refractivity contribution is 0.171. The third-order valence-corrected chi connectivity index (χ3v) is 3.01. The summed E-state index contributed by atoms with van der Waals surface area (Å²) in [5, 5.41) is 3.46. The lowest BCUT2D eigenvalue weighted by Gasteiger charge is -2.15. The maximum atomic E-state index is 5.10. The summed E-state index contributed by atoms with van der Waals surface area (Å²) in [5.74, 6) is 0. The van der Waals surface area contributed by atoms with Gasteiger partial charge in [-0.15, -0.1) is 0 Å². The van der Waals surface area contributed by atoms with Gasteiger partial charge in [0.15, 0.2) is 0 Å². The first-order chi connectivity index (χ1) is 7.54. The summed E-state index contributed by atoms with van der Waals surface area (Å²) in [6, 6.07) is 4.93. The lowest BCUT2D eigenvalue weighted by atomic mass is 10.0. The van der Waals surface area contributed by atoms with Gasteiger partial charge in [-0.1, -0.05) is 12.1 Å². The maximum absolute atomic E-state index is 5.10. The fraction of sp³-hybridized carbons (Fsp3) is 0.571. The minimum atomic E-state index is 0.394. The van der Waals surface area contributed by atoms with Gasteiger partial charge in [0.25, 0.3) is 0 Å². The molecule has 1 aromatic rings. The Balaban J connectivity index is 2.63. The maximum Gasteiger partial charge on any atom is 0.0613 e. The zero-order valence-electron chi connectivity index (χ0n) is 11.1. The van der Waals surface area contributed by atoms with Crippen LogP contribution in [0, 0.1) is 20.8 Å². The van der Waals surface area contributed by atoms with Gasteiger partial charge in [0.05, 0.1) is 6.61 Å². The van der Waals surface area contributed by atoms with Crippen LogP contribution < -0.4 is 5.32 Å². The Morgan fingerprint density at radius 2 is 1.75 bits per heavy atom. The van der Waals surface area contributed by atoms with E-state index < -0.39 is 0 Å². The molecule has 1 atom stereocenters. The highest BCUT2D eigenvalue weighted by Crippen LogP contribution is 2.15. The van der Waals surface area contributed by atoms with Crippen LogP contribution in [0.3, 0.4) is 0 Å². The molecule has 0 fully saturated rings. The Kier molecular flexibility index (Phi) is 4.97. The van der Waals surface area contributed by atoms with Crippen LogP contribution in [0.1, 0.15) is 29.2 Å². The highest BCUT2D eigenvalue weighted by atomic mass is 16.5. The van der Waals surface area contributed by atoms with Crippen LogP contribution in [0.5, 0.6) is 0 Å². The number of hydrogen-bond acceptors (Lipinski definition) is 2. The van der Waals surface area contributed by atoms with E-state index in [2.05, 4.69) is 45.1 Å². The molecular formula is C14H23NO. The normalized spacial score (nSPS) is 12.8. The number of aryl methyl sites for hydroxylation is 3. The quantitative estimate of drug-likeness (QED) is 0.825. The van der Waals surface area contributed by atoms with Crippen molar-refractivity contribution in [1.29, 1.82) is 0 Å². The molecule has 0 aliphatic heterocycles. The van der Waals surface area contributed by atoms with E-state index in [0.717, 1.165) is 13.2 Å². The van der Waals surface area contributed by atoms with Crippen molar-refractivity contribution >= 4 is 0 Å². The van der Waals surface area contributed by atoms with E-state index in [4.69, 9.17) is 4.74 Å². The van der Waals surface area contributed by atoms with Gasteiger partial charge in [-0.2, -0.15) is 0 Å². The molecule has 1 N–H and O–H groups in total. The summed E-state index contributed by atoms with van der Waals surface area (Å²) in [4.78, 5) is 0. The average Bonchev–Trinajstić information content (AvgIpc) is 2.22. The van der Waals surface area contributed by atoms with Gasteiger partial charge in [-0.25, -0.2) is 0 Å². The molecule has 90 valence electrons. The molecule has 0 heterocycles. The van der Waals surface area contributed by atoms with E-state index in [1.54, 1.807) is 7.11 Å². The molecule has 0 aliphatic carbocycles. The smallest absolute Gasteiger partial charge is 0.0613 e. The Morgan fingerprint density at radius 1 is 1.12 bits per heavy atom. The summed E-state index contributed by atoms with van der Waals surface area (Å²) in [5.41, 5.74) is 5.47. The molecule has 1 aromatic carbocycles. The van der Waals surface area contributed by atoms with Gasteiger partial charge in [0.1, 0.15) is 0 Å². The molecule has 2 nitrogen and oxygen atoms in total. The zero-order chi connectivity index (χ0) is 12.1. The summed E-state index contributed by atoms with van der Waals surface area (Å²) in [6.45, 7) is 10.3. The second kappa shape index (κ2) is 6.02. The first kappa shape index (κ1) is 13.2. The van der Waals surface area contributed by atoms with Crippen LogP contribution in [0.15, 0.2) is 12.1 Å². The molecule has 0 unspecified atom stereocenters. The van der Waals surface area contributed by atoms with Crippen molar-refractivity contribution in [3.05, 3.63) is 34.4 Å². The topological polar surface area (TPSA) is 21.3 Å². The molecule has 2 heteroatoms. The van der Waals surface area contributed by atoms with Crippen LogP contribution in [0.4, 0.5) is 0 Å². The van der Waals surface area contributed by atoms with Crippen molar-refractivity contribution < 1.29 is 4.74 Å². The van der Waals surface area contributed by atoms with Gasteiger partial charge >= 0.3 is 0 Å². The molecule has 0 spiro atoms. The van der Waals surface area contributed by atoms with Crippen molar-refractivity contribution in [2.24, 2.45) is 0 Å². The van der Waals surface area contributed by atoms with Gasteiger partial charge in [-0.05, 0) is 49.9 Å². The predicted octanol–water partition coefficient (Wildman–Crippen LogP) is 2.74. The lowest BCUT2D eigenvalue weighted by Crippen LogP contribution is -2.29. The average molecular weight is 221 g/mol. The molecule has 0 saturated carbocycles. The highest BCUT2D eigenvalue weighted by Gasteiger charge is 2.04. The largest absolute Gasteiger partial charge is 0.383 e. The number of hydrogen-bond donors (Lipinski definition) is 1. The summed E-state index contributed by atoms with van der Waals surface area (Å²) in [7, 11) is 1.74. The zero-order valence-corrected chi connectivity index (χ0v) is 11.1. The summed E-state index contributed by atoms with van der Waals surface area (Å²) >= 11 is 0. The van der Waals surface area contributed by atoms with Gasteiger partial charge in [0, 0.05) is 19.7 Å². The monoisotopic (exact) mass is 221 g/mol. The van der Waals surface area contributed by atoms with Gasteiger partial charge < -0.3 is 10.1 Å². The minimum Gasteiger partial charge on any atom is -0.383 e. The molecule has 0 aliphatic rings. The van der Waals surface area contributed by atoms with Gasteiger partial charge in [-0.3, -0.25) is 0 Å². The first-order valence-electron chi connectivity index (χ1n) is 5.83. The van der Waals surface area contributed by atoms with Crippen molar-refractivity contribution in [2.75, 3.05) is 13.7 Å². The van der Waals surface area contributed by atoms with Crippen LogP contribution in [-0.2, 0) is 11.3 Å². The second-order valence-electron chi connectivity index (χ2n) is 4.60. The van der Waals surface area contributed by atoms with E-state index in [1.807, 2.05) is 0 Å². The Labute approximate surface area is 99.0 Å². The van der Waals surface area contributed by atoms with E-state index in [1.165, 1.54) is 22.3 Å². The van der Waals surface area contributed by atoms with Crippen LogP contribution >= 0.6 is 0 Å². The predicted molar refractivity (Wildman–Crippen MR) is 68.8 cm³/mol. The third-order valence-electron chi connectivity index (χ3n) is 3.01. The molecule has 1 rings (SSSR count). The molecule has 0 radical (unpaired) electrons. The van der Waals surface area contributed by atoms with Crippen molar-refractivity contribution in [1.82, 2.24) is 5.32 Å². The fourth-order valence-corrected chi connectivity index (χ4v) is 1.80. The number of benzene rings is 1. The Bertz CT molecular complexity index is 347. The number of rotatable bonds is 5. The standard InChI is InChI=1S/C14H23NO/c1-10-6-12(3)14(7-11(10)2)8-15-13(4)9-16-5/h6-7,13,15H,8-9H2,1-5H3/t13-/m1/s1. The Morgan fingerprint density at radius 3 is 2.38 bits per heavy atom. The molecule has 0 aromatic heterocycles. The van der Waals surface area contributed by atoms with Crippen LogP contribution in [0.25, 0.3) is 0 Å². The molecule has 0 amide bonds. The van der Waals surface area contributed by atoms with Gasteiger partial charge in [0.2, 0.25) is 0 Å². The van der Waals surface area contributed by atoms with Crippen molar-refractivity contribution in [2.45, 2.75) is 40.3 Å². The summed E-state index contributed by atoms with van der Waals surface area (Å²) in [6.07, 6.45) is 0. The van der Waals surface area contributed by atoms with Crippen molar-refractivity contribution in [3.63, 3.8) is 0 Å². The molecular weight excluding hydrogens is 198 g/mol. The molecule has 0 bridgehead atoms. The van der Waals surface area contributed by atoms with Crippen molar-refractivity contribution in [3.8, 4) is 0 Å². The molecule has 0 saturated heterocycles. The number of ether oxygens (including phenoxy) is 1. The fourth-order valence-electron chi connectivity index (χ4n) is 1.80. The van der Waals surface area contributed by atoms with Crippen LogP contribution in [-0.4, -0.2) is 19.8 Å². The summed E-state index contributed by atoms with van der Waals surface area (Å²) < 4.78 is 5.10. The van der Waals surface area contributed by atoms with E-state index in [0.29, 0.717) is 6.04 Å². The molecule has 16 heavy (non-hydrogen) atoms. The van der Waals surface area contributed by atoms with E-state index in [9.17, 15) is 0 Å². The first-order valence-corrected chi connectivity index (χ1v) is 5.83. The van der Waals surface area contributed by atoms with E-state index in [-0.39, 0.29) is 0 Å². The highest BCUT2D eigenvalue weighted by molar-refractivity contribution is 5.36. The third kappa shape index (κ3) is 3.62. The Hall–Kier alpha value is -0.860. The van der Waals surface area contributed by atoms with Crippen LogP contribution in [0.2, 0.25) is 0 Å². The van der Waals surface area contributed by atoms with E-state index >= 15 is 0 Å².